The molecule has 2 aromatic carbocycles. The topological polar surface area (TPSA) is 150 Å². The number of nitriles is 2. The Balaban J connectivity index is 1.64. The Morgan fingerprint density at radius 3 is 2.47 bits per heavy atom. The van der Waals surface area contributed by atoms with Gasteiger partial charge in [-0.05, 0) is 36.4 Å². The van der Waals surface area contributed by atoms with Crippen LogP contribution in [-0.2, 0) is 14.4 Å². The molecule has 3 amide bonds. The number of nitrogens with zero attached hydrogens (tertiary/aromatic N) is 5. The first-order chi connectivity index (χ1) is 20.5. The lowest BCUT2D eigenvalue weighted by Crippen LogP contribution is -2.56. The molecule has 2 heterocycles. The predicted molar refractivity (Wildman–Crippen MR) is 150 cm³/mol. The van der Waals surface area contributed by atoms with Gasteiger partial charge in [0.15, 0.2) is 0 Å². The zero-order chi connectivity index (χ0) is 30.9. The quantitative estimate of drug-likeness (QED) is 0.418. The molecule has 0 bridgehead atoms. The van der Waals surface area contributed by atoms with Crippen LogP contribution in [0.25, 0.3) is 0 Å². The molecule has 218 valence electrons. The van der Waals surface area contributed by atoms with Crippen molar-refractivity contribution in [2.75, 3.05) is 9.80 Å². The Morgan fingerprint density at radius 1 is 1.09 bits per heavy atom. The van der Waals surface area contributed by atoms with E-state index in [1.54, 1.807) is 12.1 Å². The number of aliphatic hydroxyl groups excluding tert-OH is 1. The number of anilines is 2. The van der Waals surface area contributed by atoms with Gasteiger partial charge in [0.05, 0.1) is 23.3 Å². The normalized spacial score (nSPS) is 20.0. The highest BCUT2D eigenvalue weighted by atomic mass is 35.5. The van der Waals surface area contributed by atoms with Crippen LogP contribution in [0.2, 0.25) is 5.02 Å². The Hall–Kier alpha value is -4.91. The average molecular weight is 605 g/mol. The summed E-state index contributed by atoms with van der Waals surface area (Å²) >= 11 is 6.52. The summed E-state index contributed by atoms with van der Waals surface area (Å²) in [6, 6.07) is 14.8. The monoisotopic (exact) mass is 604 g/mol. The standard InChI is InChI=1S/C30H23ClF2N6O4/c31-22-7-2-1-6-21(22)26(27(41)37-19-13-30(32,33)14-19)38(20-5-3-4-17(10-20)15-34)28(42)23-12-24(40)29(43)39(23)25-11-18(16-35)8-9-36-25/h1-11,19,23-24,26,40H,12-14H2,(H,37,41). The van der Waals surface area contributed by atoms with Crippen molar-refractivity contribution in [3.8, 4) is 12.1 Å². The van der Waals surface area contributed by atoms with E-state index in [1.165, 1.54) is 54.7 Å². The fourth-order valence-electron chi connectivity index (χ4n) is 5.26. The highest BCUT2D eigenvalue weighted by Gasteiger charge is 2.50. The molecule has 2 N–H and O–H groups in total. The summed E-state index contributed by atoms with van der Waals surface area (Å²) in [5.41, 5.74) is 0.532. The van der Waals surface area contributed by atoms with Crippen LogP contribution >= 0.6 is 11.6 Å². The molecule has 2 fully saturated rings. The number of pyridine rings is 1. The molecule has 3 unspecified atom stereocenters. The van der Waals surface area contributed by atoms with Crippen molar-refractivity contribution in [3.63, 3.8) is 0 Å². The van der Waals surface area contributed by atoms with Crippen LogP contribution in [0.3, 0.4) is 0 Å². The van der Waals surface area contributed by atoms with E-state index in [1.807, 2.05) is 12.1 Å². The number of carbonyl (C=O) groups is 3. The van der Waals surface area contributed by atoms with Crippen LogP contribution in [0, 0.1) is 22.7 Å². The maximum Gasteiger partial charge on any atom is 0.257 e. The summed E-state index contributed by atoms with van der Waals surface area (Å²) < 4.78 is 27.3. The van der Waals surface area contributed by atoms with Crippen LogP contribution in [0.4, 0.5) is 20.3 Å². The summed E-state index contributed by atoms with van der Waals surface area (Å²) in [4.78, 5) is 47.8. The zero-order valence-corrected chi connectivity index (χ0v) is 23.1. The second kappa shape index (κ2) is 11.8. The van der Waals surface area contributed by atoms with E-state index in [0.717, 1.165) is 9.80 Å². The number of amides is 3. The Labute approximate surface area is 249 Å². The third-order valence-corrected chi connectivity index (χ3v) is 7.67. The minimum absolute atomic E-state index is 0.0693. The number of hydrogen-bond donors (Lipinski definition) is 2. The fraction of sp³-hybridized carbons (Fsp3) is 0.267. The summed E-state index contributed by atoms with van der Waals surface area (Å²) in [6.07, 6.45) is -1.86. The molecule has 43 heavy (non-hydrogen) atoms. The number of benzene rings is 2. The Bertz CT molecular complexity index is 1680. The van der Waals surface area contributed by atoms with E-state index in [0.29, 0.717) is 0 Å². The first kappa shape index (κ1) is 29.6. The summed E-state index contributed by atoms with van der Waals surface area (Å²) in [6.45, 7) is 0. The number of halogens is 3. The van der Waals surface area contributed by atoms with Gasteiger partial charge in [0.1, 0.15) is 24.0 Å². The second-order valence-corrected chi connectivity index (χ2v) is 10.7. The maximum atomic E-state index is 14.6. The molecule has 1 saturated carbocycles. The molecule has 0 radical (unpaired) electrons. The van der Waals surface area contributed by atoms with Gasteiger partial charge in [-0.1, -0.05) is 35.9 Å². The number of alkyl halides is 2. The van der Waals surface area contributed by atoms with E-state index in [4.69, 9.17) is 11.6 Å². The third-order valence-electron chi connectivity index (χ3n) is 7.32. The van der Waals surface area contributed by atoms with Crippen LogP contribution in [0.1, 0.15) is 42.0 Å². The van der Waals surface area contributed by atoms with Gasteiger partial charge < -0.3 is 10.4 Å². The van der Waals surface area contributed by atoms with Gasteiger partial charge in [-0.15, -0.1) is 0 Å². The Kier molecular flexibility index (Phi) is 8.09. The van der Waals surface area contributed by atoms with Crippen molar-refractivity contribution in [1.29, 1.82) is 10.5 Å². The lowest BCUT2D eigenvalue weighted by molar-refractivity contribution is -0.133. The average Bonchev–Trinajstić information content (AvgIpc) is 3.28. The summed E-state index contributed by atoms with van der Waals surface area (Å²) in [5, 5.41) is 32.2. The van der Waals surface area contributed by atoms with E-state index in [-0.39, 0.29) is 39.6 Å². The molecule has 1 aliphatic carbocycles. The summed E-state index contributed by atoms with van der Waals surface area (Å²) in [5.74, 6) is -5.50. The van der Waals surface area contributed by atoms with E-state index in [9.17, 15) is 38.8 Å². The minimum Gasteiger partial charge on any atom is -0.383 e. The highest BCUT2D eigenvalue weighted by Crippen LogP contribution is 2.40. The molecule has 1 aromatic heterocycles. The number of rotatable bonds is 7. The van der Waals surface area contributed by atoms with Crippen molar-refractivity contribution >= 4 is 40.8 Å². The van der Waals surface area contributed by atoms with Crippen molar-refractivity contribution in [2.24, 2.45) is 0 Å². The predicted octanol–water partition coefficient (Wildman–Crippen LogP) is 3.63. The minimum atomic E-state index is -2.93. The van der Waals surface area contributed by atoms with Crippen LogP contribution in [-0.4, -0.2) is 51.9 Å². The molecular formula is C30H23ClF2N6O4. The number of aromatic nitrogens is 1. The van der Waals surface area contributed by atoms with Crippen molar-refractivity contribution in [2.45, 2.75) is 49.4 Å². The van der Waals surface area contributed by atoms with Gasteiger partial charge in [0.2, 0.25) is 5.91 Å². The van der Waals surface area contributed by atoms with E-state index >= 15 is 0 Å². The van der Waals surface area contributed by atoms with Crippen molar-refractivity contribution < 1.29 is 28.3 Å². The molecule has 10 nitrogen and oxygen atoms in total. The van der Waals surface area contributed by atoms with Gasteiger partial charge in [-0.3, -0.25) is 24.2 Å². The third kappa shape index (κ3) is 5.89. The SMILES string of the molecule is N#Cc1cccc(N(C(=O)C2CC(O)C(=O)N2c2cc(C#N)ccn2)C(C(=O)NC2CC(F)(F)C2)c2ccccc2Cl)c1. The Morgan fingerprint density at radius 2 is 1.79 bits per heavy atom. The molecule has 3 aromatic rings. The molecular weight excluding hydrogens is 582 g/mol. The second-order valence-electron chi connectivity index (χ2n) is 10.3. The maximum absolute atomic E-state index is 14.6. The molecule has 1 saturated heterocycles. The molecule has 3 atom stereocenters. The number of aliphatic hydroxyl groups is 1. The van der Waals surface area contributed by atoms with Gasteiger partial charge in [-0.2, -0.15) is 10.5 Å². The molecule has 2 aliphatic rings. The van der Waals surface area contributed by atoms with Gasteiger partial charge in [0, 0.05) is 47.8 Å². The smallest absolute Gasteiger partial charge is 0.257 e. The van der Waals surface area contributed by atoms with E-state index in [2.05, 4.69) is 10.3 Å². The lowest BCUT2D eigenvalue weighted by atomic mass is 9.87. The van der Waals surface area contributed by atoms with Crippen molar-refractivity contribution in [1.82, 2.24) is 10.3 Å². The number of hydrogen-bond acceptors (Lipinski definition) is 7. The van der Waals surface area contributed by atoms with Crippen LogP contribution < -0.4 is 15.1 Å². The first-order valence-electron chi connectivity index (χ1n) is 13.2. The van der Waals surface area contributed by atoms with Crippen LogP contribution in [0.5, 0.6) is 0 Å². The molecule has 0 spiro atoms. The van der Waals surface area contributed by atoms with Crippen LogP contribution in [0.15, 0.2) is 66.9 Å². The number of carbonyl (C=O) groups excluding carboxylic acids is 3. The highest BCUT2D eigenvalue weighted by molar-refractivity contribution is 6.31. The number of nitrogens with one attached hydrogen (secondary N) is 1. The van der Waals surface area contributed by atoms with Gasteiger partial charge in [0.25, 0.3) is 17.7 Å². The zero-order valence-electron chi connectivity index (χ0n) is 22.3. The first-order valence-corrected chi connectivity index (χ1v) is 13.5. The lowest BCUT2D eigenvalue weighted by Gasteiger charge is -2.39. The van der Waals surface area contributed by atoms with Gasteiger partial charge in [-0.25, -0.2) is 13.8 Å². The van der Waals surface area contributed by atoms with E-state index < -0.39 is 60.7 Å². The molecule has 1 aliphatic heterocycles. The largest absolute Gasteiger partial charge is 0.383 e. The summed E-state index contributed by atoms with van der Waals surface area (Å²) in [7, 11) is 0. The fourth-order valence-corrected chi connectivity index (χ4v) is 5.50. The molecule has 5 rings (SSSR count). The van der Waals surface area contributed by atoms with Crippen molar-refractivity contribution in [3.05, 3.63) is 88.6 Å². The molecule has 13 heteroatoms. The van der Waals surface area contributed by atoms with Gasteiger partial charge >= 0.3 is 0 Å².